The number of ketones is 2. The molecule has 0 spiro atoms. The van der Waals surface area contributed by atoms with Crippen molar-refractivity contribution in [2.24, 2.45) is 11.8 Å². The number of hydrogen-bond acceptors (Lipinski definition) is 4. The lowest BCUT2D eigenvalue weighted by Crippen LogP contribution is -2.37. The Bertz CT molecular complexity index is 726. The summed E-state index contributed by atoms with van der Waals surface area (Å²) in [6, 6.07) is 8.00. The molecule has 2 heterocycles. The van der Waals surface area contributed by atoms with Crippen molar-refractivity contribution in [2.75, 3.05) is 0 Å². The molecule has 0 aromatic carbocycles. The molecule has 2 saturated carbocycles. The number of fused-ring (bicyclic) bond motifs is 2. The van der Waals surface area contributed by atoms with E-state index in [1.807, 2.05) is 47.2 Å². The fourth-order valence-electron chi connectivity index (χ4n) is 3.52. The van der Waals surface area contributed by atoms with Crippen LogP contribution in [-0.4, -0.2) is 11.6 Å². The van der Waals surface area contributed by atoms with Gasteiger partial charge in [-0.15, -0.1) is 22.7 Å². The Morgan fingerprint density at radius 1 is 0.826 bits per heavy atom. The summed E-state index contributed by atoms with van der Waals surface area (Å²) in [6.45, 7) is 0. The van der Waals surface area contributed by atoms with Crippen molar-refractivity contribution in [1.82, 2.24) is 0 Å². The first-order valence-electron chi connectivity index (χ1n) is 7.77. The number of carbonyl (C=O) groups is 2. The number of rotatable bonds is 2. The highest BCUT2D eigenvalue weighted by atomic mass is 32.1. The molecular weight excluding hydrogens is 324 g/mol. The molecule has 4 rings (SSSR count). The van der Waals surface area contributed by atoms with E-state index in [0.717, 1.165) is 27.3 Å². The highest BCUT2D eigenvalue weighted by Gasteiger charge is 2.41. The van der Waals surface area contributed by atoms with Crippen molar-refractivity contribution in [3.8, 4) is 0 Å². The molecule has 0 unspecified atom stereocenters. The van der Waals surface area contributed by atoms with Crippen LogP contribution in [0, 0.1) is 11.8 Å². The third-order valence-electron chi connectivity index (χ3n) is 4.60. The first-order valence-corrected chi connectivity index (χ1v) is 9.53. The van der Waals surface area contributed by atoms with Gasteiger partial charge in [0, 0.05) is 21.6 Å². The minimum absolute atomic E-state index is 0.0242. The van der Waals surface area contributed by atoms with Crippen LogP contribution < -0.4 is 0 Å². The van der Waals surface area contributed by atoms with Gasteiger partial charge in [0.15, 0.2) is 11.6 Å². The highest BCUT2D eigenvalue weighted by molar-refractivity contribution is 7.11. The van der Waals surface area contributed by atoms with Gasteiger partial charge in [-0.05, 0) is 65.5 Å². The molecule has 2 aromatic heterocycles. The minimum Gasteiger partial charge on any atom is -0.294 e. The molecule has 4 heteroatoms. The highest BCUT2D eigenvalue weighted by Crippen LogP contribution is 2.42. The first kappa shape index (κ1) is 14.8. The van der Waals surface area contributed by atoms with E-state index >= 15 is 0 Å². The summed E-state index contributed by atoms with van der Waals surface area (Å²) in [5, 5.41) is 4.01. The predicted molar refractivity (Wildman–Crippen MR) is 95.4 cm³/mol. The third-order valence-corrected chi connectivity index (χ3v) is 6.23. The second-order valence-electron chi connectivity index (χ2n) is 6.14. The second-order valence-corrected chi connectivity index (χ2v) is 8.09. The summed E-state index contributed by atoms with van der Waals surface area (Å²) in [7, 11) is 0. The fraction of sp³-hybridized carbons (Fsp3) is 0.263. The van der Waals surface area contributed by atoms with Gasteiger partial charge in [0.25, 0.3) is 0 Å². The van der Waals surface area contributed by atoms with Crippen molar-refractivity contribution >= 4 is 46.4 Å². The normalized spacial score (nSPS) is 27.8. The van der Waals surface area contributed by atoms with E-state index in [9.17, 15) is 9.59 Å². The Hall–Kier alpha value is -1.78. The van der Waals surface area contributed by atoms with Crippen LogP contribution in [0.3, 0.4) is 0 Å². The molecule has 2 atom stereocenters. The zero-order valence-electron chi connectivity index (χ0n) is 12.5. The van der Waals surface area contributed by atoms with Gasteiger partial charge in [-0.1, -0.05) is 12.1 Å². The topological polar surface area (TPSA) is 34.1 Å². The van der Waals surface area contributed by atoms with Gasteiger partial charge in [-0.2, -0.15) is 0 Å². The molecule has 2 aromatic rings. The third kappa shape index (κ3) is 2.89. The average Bonchev–Trinajstić information content (AvgIpc) is 3.22. The molecule has 2 bridgehead atoms. The van der Waals surface area contributed by atoms with Crippen LogP contribution >= 0.6 is 22.7 Å². The molecule has 0 N–H and O–H groups in total. The molecule has 116 valence electrons. The SMILES string of the molecule is O=C1/C(=C\c2cccs2)C[C@H]2C[C@H]1C/C(=C/c1cccs1)C2=O. The molecule has 0 amide bonds. The first-order chi connectivity index (χ1) is 11.2. The Morgan fingerprint density at radius 3 is 1.70 bits per heavy atom. The number of hydrogen-bond donors (Lipinski definition) is 0. The zero-order valence-corrected chi connectivity index (χ0v) is 14.2. The van der Waals surface area contributed by atoms with Gasteiger partial charge < -0.3 is 0 Å². The summed E-state index contributed by atoms with van der Waals surface area (Å²) < 4.78 is 0. The quantitative estimate of drug-likeness (QED) is 0.733. The van der Waals surface area contributed by atoms with E-state index in [1.165, 1.54) is 0 Å². The molecule has 2 aliphatic rings. The Morgan fingerprint density at radius 2 is 1.30 bits per heavy atom. The lowest BCUT2D eigenvalue weighted by molar-refractivity contribution is -0.127. The zero-order chi connectivity index (χ0) is 15.8. The van der Waals surface area contributed by atoms with Crippen molar-refractivity contribution in [3.63, 3.8) is 0 Å². The standard InChI is InChI=1S/C19H16O2S2/c20-18-13-7-12(8-14(18)10-16-3-1-5-22-16)19(21)15(9-13)11-17-4-2-6-23-17/h1-6,10-13H,7-9H2/b14-10-,15-11-/t12-,13+. The van der Waals surface area contributed by atoms with Crippen LogP contribution in [0.2, 0.25) is 0 Å². The van der Waals surface area contributed by atoms with Crippen LogP contribution in [0.1, 0.15) is 29.0 Å². The summed E-state index contributed by atoms with van der Waals surface area (Å²) in [4.78, 5) is 27.6. The monoisotopic (exact) mass is 340 g/mol. The van der Waals surface area contributed by atoms with E-state index in [4.69, 9.17) is 0 Å². The van der Waals surface area contributed by atoms with E-state index in [0.29, 0.717) is 12.8 Å². The maximum atomic E-state index is 12.7. The molecule has 0 radical (unpaired) electrons. The van der Waals surface area contributed by atoms with Crippen molar-refractivity contribution < 1.29 is 9.59 Å². The van der Waals surface area contributed by atoms with E-state index in [2.05, 4.69) is 0 Å². The van der Waals surface area contributed by atoms with Gasteiger partial charge in [0.1, 0.15) is 0 Å². The Kier molecular flexibility index (Phi) is 3.87. The van der Waals surface area contributed by atoms with Crippen molar-refractivity contribution in [1.29, 1.82) is 0 Å². The lowest BCUT2D eigenvalue weighted by atomic mass is 9.67. The predicted octanol–water partition coefficient (Wildman–Crippen LogP) is 4.84. The van der Waals surface area contributed by atoms with Gasteiger partial charge in [0.2, 0.25) is 0 Å². The van der Waals surface area contributed by atoms with Crippen LogP contribution in [0.5, 0.6) is 0 Å². The average molecular weight is 340 g/mol. The molecule has 0 aliphatic heterocycles. The number of allylic oxidation sites excluding steroid dienone is 2. The Balaban J connectivity index is 1.63. The summed E-state index contributed by atoms with van der Waals surface area (Å²) >= 11 is 3.25. The minimum atomic E-state index is -0.0242. The number of carbonyl (C=O) groups excluding carboxylic acids is 2. The van der Waals surface area contributed by atoms with Crippen molar-refractivity contribution in [3.05, 3.63) is 55.9 Å². The van der Waals surface area contributed by atoms with E-state index < -0.39 is 0 Å². The van der Waals surface area contributed by atoms with Gasteiger partial charge in [0.05, 0.1) is 0 Å². The fourth-order valence-corrected chi connectivity index (χ4v) is 4.88. The molecule has 0 saturated heterocycles. The van der Waals surface area contributed by atoms with Crippen molar-refractivity contribution in [2.45, 2.75) is 19.3 Å². The molecular formula is C19H16O2S2. The van der Waals surface area contributed by atoms with E-state index in [1.54, 1.807) is 22.7 Å². The smallest absolute Gasteiger partial charge is 0.162 e. The molecule has 2 fully saturated rings. The second kappa shape index (κ2) is 6.02. The van der Waals surface area contributed by atoms with Crippen LogP contribution in [0.25, 0.3) is 12.2 Å². The summed E-state index contributed by atoms with van der Waals surface area (Å²) in [5.41, 5.74) is 1.66. The van der Waals surface area contributed by atoms with Gasteiger partial charge >= 0.3 is 0 Å². The molecule has 23 heavy (non-hydrogen) atoms. The van der Waals surface area contributed by atoms with Gasteiger partial charge in [-0.25, -0.2) is 0 Å². The lowest BCUT2D eigenvalue weighted by Gasteiger charge is -2.35. The molecule has 2 aliphatic carbocycles. The maximum Gasteiger partial charge on any atom is 0.162 e. The number of Topliss-reactive ketones (excluding diaryl/α,β-unsaturated/α-hetero) is 2. The summed E-state index contributed by atoms with van der Waals surface area (Å²) in [6.07, 6.45) is 5.86. The van der Waals surface area contributed by atoms with E-state index in [-0.39, 0.29) is 23.4 Å². The summed E-state index contributed by atoms with van der Waals surface area (Å²) in [5.74, 6) is 0.422. The van der Waals surface area contributed by atoms with Crippen LogP contribution in [0.15, 0.2) is 46.2 Å². The number of thiophene rings is 2. The molecule has 2 nitrogen and oxygen atoms in total. The van der Waals surface area contributed by atoms with Crippen LogP contribution in [-0.2, 0) is 9.59 Å². The largest absolute Gasteiger partial charge is 0.294 e. The van der Waals surface area contributed by atoms with Gasteiger partial charge in [-0.3, -0.25) is 9.59 Å². The Labute approximate surface area is 143 Å². The maximum absolute atomic E-state index is 12.7. The van der Waals surface area contributed by atoms with Crippen LogP contribution in [0.4, 0.5) is 0 Å².